The molecule has 1 aliphatic heterocycles. The molecule has 0 bridgehead atoms. The van der Waals surface area contributed by atoms with Gasteiger partial charge in [-0.25, -0.2) is 0 Å². The largest absolute Gasteiger partial charge is 0.497 e. The van der Waals surface area contributed by atoms with Crippen molar-refractivity contribution in [2.75, 3.05) is 39.8 Å². The smallest absolute Gasteiger partial charge is 0.416 e. The molecule has 1 aliphatic carbocycles. The Bertz CT molecular complexity index is 1400. The number of benzene rings is 2. The number of rotatable bonds is 8. The van der Waals surface area contributed by atoms with Crippen molar-refractivity contribution < 1.29 is 17.9 Å². The molecule has 0 amide bonds. The first kappa shape index (κ1) is 28.8. The van der Waals surface area contributed by atoms with Crippen LogP contribution in [0.4, 0.5) is 13.2 Å². The van der Waals surface area contributed by atoms with Gasteiger partial charge in [0.25, 0.3) is 0 Å². The van der Waals surface area contributed by atoms with E-state index < -0.39 is 23.7 Å². The Labute approximate surface area is 238 Å². The molecule has 0 saturated carbocycles. The van der Waals surface area contributed by atoms with Crippen molar-refractivity contribution in [1.82, 2.24) is 30.0 Å². The molecule has 216 valence electrons. The minimum absolute atomic E-state index is 0.414. The number of ether oxygens (including phenoxy) is 1. The minimum Gasteiger partial charge on any atom is -0.497 e. The van der Waals surface area contributed by atoms with E-state index in [0.29, 0.717) is 25.3 Å². The molecule has 0 N–H and O–H groups in total. The van der Waals surface area contributed by atoms with Crippen LogP contribution in [-0.4, -0.2) is 76.0 Å². The molecule has 1 unspecified atom stereocenters. The number of alkyl halides is 3. The molecule has 3 aromatic rings. The van der Waals surface area contributed by atoms with Gasteiger partial charge in [-0.05, 0) is 59.5 Å². The van der Waals surface area contributed by atoms with Crippen LogP contribution in [0, 0.1) is 19.8 Å². The maximum absolute atomic E-state index is 13.7. The standard InChI is InChI=1S/C31H35F3N6O/c1-22-7-4-8-23(2)28(22)40-30(35-36-37-40)29(25-10-5-11-26(21-25)31(32,33)34)39-19-17-38(18-20-39)16-6-9-24-12-14-27(41-3)15-13-24/h4-9,11-15,21,25,29H,10,16-20H2,1-3H3/b9-6+/t25?,29-/m0/s1. The van der Waals surface area contributed by atoms with Crippen molar-refractivity contribution >= 4 is 6.08 Å². The molecule has 41 heavy (non-hydrogen) atoms. The van der Waals surface area contributed by atoms with Gasteiger partial charge in [-0.2, -0.15) is 17.9 Å². The van der Waals surface area contributed by atoms with Crippen LogP contribution < -0.4 is 4.74 Å². The highest BCUT2D eigenvalue weighted by Gasteiger charge is 2.39. The van der Waals surface area contributed by atoms with Gasteiger partial charge in [-0.15, -0.1) is 5.10 Å². The molecular formula is C31H35F3N6O. The van der Waals surface area contributed by atoms with Crippen molar-refractivity contribution in [3.05, 3.63) is 94.9 Å². The number of methoxy groups -OCH3 is 1. The Morgan fingerprint density at radius 3 is 2.39 bits per heavy atom. The maximum Gasteiger partial charge on any atom is 0.416 e. The Morgan fingerprint density at radius 1 is 1.02 bits per heavy atom. The monoisotopic (exact) mass is 564 g/mol. The van der Waals surface area contributed by atoms with Crippen LogP contribution in [-0.2, 0) is 0 Å². The molecule has 1 aromatic heterocycles. The van der Waals surface area contributed by atoms with Crippen LogP contribution in [0.1, 0.15) is 35.0 Å². The summed E-state index contributed by atoms with van der Waals surface area (Å²) in [6.07, 6.45) is 4.45. The number of hydrogen-bond donors (Lipinski definition) is 0. The number of piperazine rings is 1. The van der Waals surface area contributed by atoms with Gasteiger partial charge < -0.3 is 4.74 Å². The summed E-state index contributed by atoms with van der Waals surface area (Å²) >= 11 is 0. The fourth-order valence-corrected chi connectivity index (χ4v) is 5.70. The second kappa shape index (κ2) is 12.4. The molecule has 1 fully saturated rings. The lowest BCUT2D eigenvalue weighted by Crippen LogP contribution is -2.49. The average Bonchev–Trinajstić information content (AvgIpc) is 3.43. The highest BCUT2D eigenvalue weighted by Crippen LogP contribution is 2.39. The van der Waals surface area contributed by atoms with Crippen molar-refractivity contribution in [1.29, 1.82) is 0 Å². The van der Waals surface area contributed by atoms with E-state index in [1.807, 2.05) is 56.3 Å². The van der Waals surface area contributed by atoms with Crippen molar-refractivity contribution in [2.24, 2.45) is 5.92 Å². The fourth-order valence-electron chi connectivity index (χ4n) is 5.70. The first-order valence-electron chi connectivity index (χ1n) is 13.8. The number of allylic oxidation sites excluding steroid dienone is 3. The second-order valence-corrected chi connectivity index (χ2v) is 10.6. The van der Waals surface area contributed by atoms with Gasteiger partial charge in [-0.3, -0.25) is 9.80 Å². The fraction of sp³-hybridized carbons (Fsp3) is 0.387. The second-order valence-electron chi connectivity index (χ2n) is 10.6. The molecule has 0 radical (unpaired) electrons. The first-order valence-corrected chi connectivity index (χ1v) is 13.8. The normalized spacial score (nSPS) is 19.5. The summed E-state index contributed by atoms with van der Waals surface area (Å²) in [5.41, 5.74) is 3.35. The number of aromatic nitrogens is 4. The van der Waals surface area contributed by atoms with Gasteiger partial charge >= 0.3 is 6.18 Å². The number of nitrogens with zero attached hydrogens (tertiary/aromatic N) is 6. The van der Waals surface area contributed by atoms with E-state index in [4.69, 9.17) is 4.74 Å². The summed E-state index contributed by atoms with van der Waals surface area (Å²) in [5.74, 6) is 0.961. The lowest BCUT2D eigenvalue weighted by atomic mass is 9.87. The molecule has 2 aromatic carbocycles. The zero-order valence-electron chi connectivity index (χ0n) is 23.6. The van der Waals surface area contributed by atoms with Gasteiger partial charge in [0, 0.05) is 38.6 Å². The quantitative estimate of drug-likeness (QED) is 0.349. The van der Waals surface area contributed by atoms with Crippen LogP contribution >= 0.6 is 0 Å². The van der Waals surface area contributed by atoms with Crippen molar-refractivity contribution in [3.63, 3.8) is 0 Å². The van der Waals surface area contributed by atoms with E-state index in [-0.39, 0.29) is 0 Å². The molecule has 0 spiro atoms. The maximum atomic E-state index is 13.7. The van der Waals surface area contributed by atoms with Gasteiger partial charge in [0.1, 0.15) is 5.75 Å². The van der Waals surface area contributed by atoms with E-state index >= 15 is 0 Å². The Hall–Kier alpha value is -3.76. The number of para-hydroxylation sites is 1. The van der Waals surface area contributed by atoms with E-state index in [9.17, 15) is 13.2 Å². The zero-order valence-corrected chi connectivity index (χ0v) is 23.6. The molecule has 7 nitrogen and oxygen atoms in total. The summed E-state index contributed by atoms with van der Waals surface area (Å²) in [5, 5.41) is 12.7. The number of halogens is 3. The van der Waals surface area contributed by atoms with Gasteiger partial charge in [0.15, 0.2) is 5.82 Å². The Kier molecular flexibility index (Phi) is 8.70. The molecule has 2 atom stereocenters. The third kappa shape index (κ3) is 6.60. The first-order chi connectivity index (χ1) is 19.7. The van der Waals surface area contributed by atoms with Crippen LogP contribution in [0.2, 0.25) is 0 Å². The van der Waals surface area contributed by atoms with Crippen LogP contribution in [0.15, 0.2) is 72.3 Å². The lowest BCUT2D eigenvalue weighted by Gasteiger charge is -2.41. The van der Waals surface area contributed by atoms with E-state index in [0.717, 1.165) is 47.8 Å². The van der Waals surface area contributed by atoms with Crippen LogP contribution in [0.5, 0.6) is 5.75 Å². The average molecular weight is 565 g/mol. The molecule has 2 aliphatic rings. The van der Waals surface area contributed by atoms with Gasteiger partial charge in [0.05, 0.1) is 24.4 Å². The molecule has 10 heteroatoms. The summed E-state index contributed by atoms with van der Waals surface area (Å²) in [7, 11) is 1.65. The Balaban J connectivity index is 1.37. The zero-order chi connectivity index (χ0) is 29.0. The predicted molar refractivity (Wildman–Crippen MR) is 153 cm³/mol. The van der Waals surface area contributed by atoms with Gasteiger partial charge in [-0.1, -0.05) is 60.7 Å². The summed E-state index contributed by atoms with van der Waals surface area (Å²) in [6.45, 7) is 7.72. The van der Waals surface area contributed by atoms with Crippen LogP contribution in [0.3, 0.4) is 0 Å². The SMILES string of the molecule is COc1ccc(/C=C/CN2CCN([C@H](c3nnnn3-c3c(C)cccc3C)C3C=C(C(F)(F)F)C=CC3)CC2)cc1. The molecule has 5 rings (SSSR count). The summed E-state index contributed by atoms with van der Waals surface area (Å²) in [6, 6.07) is 13.4. The molecular weight excluding hydrogens is 529 g/mol. The Morgan fingerprint density at radius 2 is 1.73 bits per heavy atom. The lowest BCUT2D eigenvalue weighted by molar-refractivity contribution is -0.0892. The van der Waals surface area contributed by atoms with E-state index in [1.165, 1.54) is 12.2 Å². The van der Waals surface area contributed by atoms with E-state index in [1.54, 1.807) is 17.9 Å². The highest BCUT2D eigenvalue weighted by molar-refractivity contribution is 5.50. The van der Waals surface area contributed by atoms with Crippen molar-refractivity contribution in [3.8, 4) is 11.4 Å². The molecule has 2 heterocycles. The number of tetrazole rings is 1. The van der Waals surface area contributed by atoms with Crippen LogP contribution in [0.25, 0.3) is 11.8 Å². The highest BCUT2D eigenvalue weighted by atomic mass is 19.4. The molecule has 1 saturated heterocycles. The third-order valence-electron chi connectivity index (χ3n) is 7.83. The predicted octanol–water partition coefficient (Wildman–Crippen LogP) is 5.72. The third-order valence-corrected chi connectivity index (χ3v) is 7.83. The summed E-state index contributed by atoms with van der Waals surface area (Å²) < 4.78 is 48.2. The van der Waals surface area contributed by atoms with Crippen molar-refractivity contribution in [2.45, 2.75) is 32.5 Å². The summed E-state index contributed by atoms with van der Waals surface area (Å²) in [4.78, 5) is 4.59. The van der Waals surface area contributed by atoms with Gasteiger partial charge in [0.2, 0.25) is 0 Å². The topological polar surface area (TPSA) is 59.3 Å². The van der Waals surface area contributed by atoms with E-state index in [2.05, 4.69) is 37.5 Å². The minimum atomic E-state index is -4.41. The number of hydrogen-bond acceptors (Lipinski definition) is 6. The number of aryl methyl sites for hydroxylation is 2.